The van der Waals surface area contributed by atoms with E-state index in [1.165, 1.54) is 12.8 Å². The molecule has 0 radical (unpaired) electrons. The molecule has 1 heterocycles. The van der Waals surface area contributed by atoms with Crippen LogP contribution in [-0.4, -0.2) is 25.0 Å². The summed E-state index contributed by atoms with van der Waals surface area (Å²) >= 11 is 0. The average molecular weight is 196 g/mol. The molecule has 1 fully saturated rings. The number of hydrogen-bond acceptors (Lipinski definition) is 2. The van der Waals surface area contributed by atoms with Gasteiger partial charge in [0.2, 0.25) is 5.91 Å². The summed E-state index contributed by atoms with van der Waals surface area (Å²) in [7, 11) is 0. The van der Waals surface area contributed by atoms with Gasteiger partial charge in [0.25, 0.3) is 0 Å². The van der Waals surface area contributed by atoms with Gasteiger partial charge in [0.05, 0.1) is 6.04 Å². The molecule has 2 unspecified atom stereocenters. The second-order valence-electron chi connectivity index (χ2n) is 3.84. The Labute approximate surface area is 86.0 Å². The largest absolute Gasteiger partial charge is 0.351 e. The van der Waals surface area contributed by atoms with Crippen molar-refractivity contribution in [1.29, 1.82) is 0 Å². The van der Waals surface area contributed by atoms with E-state index in [1.807, 2.05) is 0 Å². The molecule has 3 heteroatoms. The lowest BCUT2D eigenvalue weighted by Gasteiger charge is -2.28. The van der Waals surface area contributed by atoms with Gasteiger partial charge in [-0.25, -0.2) is 0 Å². The van der Waals surface area contributed by atoms with Gasteiger partial charge in [0, 0.05) is 6.54 Å². The summed E-state index contributed by atoms with van der Waals surface area (Å²) in [6, 6.07) is 0.00801. The van der Waals surface area contributed by atoms with Gasteiger partial charge >= 0.3 is 0 Å². The van der Waals surface area contributed by atoms with E-state index in [1.54, 1.807) is 6.08 Å². The van der Waals surface area contributed by atoms with Crippen LogP contribution in [0.4, 0.5) is 0 Å². The minimum Gasteiger partial charge on any atom is -0.351 e. The zero-order valence-corrected chi connectivity index (χ0v) is 8.88. The molecule has 0 aromatic carbocycles. The average Bonchev–Trinajstić information content (AvgIpc) is 2.26. The number of amides is 1. The van der Waals surface area contributed by atoms with E-state index < -0.39 is 0 Å². The van der Waals surface area contributed by atoms with Crippen LogP contribution >= 0.6 is 0 Å². The third-order valence-electron chi connectivity index (χ3n) is 2.83. The lowest BCUT2D eigenvalue weighted by molar-refractivity contribution is -0.123. The van der Waals surface area contributed by atoms with E-state index in [4.69, 9.17) is 0 Å². The molecular weight excluding hydrogens is 176 g/mol. The summed E-state index contributed by atoms with van der Waals surface area (Å²) in [4.78, 5) is 11.6. The fraction of sp³-hybridized carbons (Fsp3) is 0.727. The molecule has 3 nitrogen and oxygen atoms in total. The van der Waals surface area contributed by atoms with Crippen LogP contribution in [0.1, 0.15) is 26.2 Å². The third kappa shape index (κ3) is 3.14. The highest BCUT2D eigenvalue weighted by molar-refractivity contribution is 5.81. The number of carbonyl (C=O) groups is 1. The van der Waals surface area contributed by atoms with Crippen molar-refractivity contribution in [1.82, 2.24) is 10.6 Å². The molecule has 1 amide bonds. The van der Waals surface area contributed by atoms with Crippen molar-refractivity contribution < 1.29 is 4.79 Å². The Morgan fingerprint density at radius 1 is 1.71 bits per heavy atom. The highest BCUT2D eigenvalue weighted by Gasteiger charge is 2.25. The number of piperidine rings is 1. The van der Waals surface area contributed by atoms with Crippen LogP contribution < -0.4 is 10.6 Å². The first-order chi connectivity index (χ1) is 6.77. The van der Waals surface area contributed by atoms with E-state index in [0.29, 0.717) is 12.5 Å². The zero-order chi connectivity index (χ0) is 10.4. The van der Waals surface area contributed by atoms with Gasteiger partial charge in [0.15, 0.2) is 0 Å². The molecule has 0 aromatic heterocycles. The van der Waals surface area contributed by atoms with Gasteiger partial charge in [-0.1, -0.05) is 19.4 Å². The Balaban J connectivity index is 2.35. The fourth-order valence-corrected chi connectivity index (χ4v) is 1.86. The maximum atomic E-state index is 11.6. The standard InChI is InChI=1S/C11H20N2O/c1-3-6-13-11(14)10-8-9(4-2)5-7-12-10/h3,9-10,12H,1,4-8H2,2H3,(H,13,14). The summed E-state index contributed by atoms with van der Waals surface area (Å²) in [5.74, 6) is 0.818. The van der Waals surface area contributed by atoms with E-state index in [-0.39, 0.29) is 11.9 Å². The molecule has 1 aliphatic rings. The first-order valence-electron chi connectivity index (χ1n) is 5.40. The van der Waals surface area contributed by atoms with Crippen molar-refractivity contribution in [2.24, 2.45) is 5.92 Å². The predicted molar refractivity (Wildman–Crippen MR) is 58.0 cm³/mol. The second-order valence-corrected chi connectivity index (χ2v) is 3.84. The van der Waals surface area contributed by atoms with Gasteiger partial charge in [-0.2, -0.15) is 0 Å². The fourth-order valence-electron chi connectivity index (χ4n) is 1.86. The van der Waals surface area contributed by atoms with Gasteiger partial charge in [0.1, 0.15) is 0 Å². The first kappa shape index (κ1) is 11.2. The minimum absolute atomic E-state index is 0.00801. The first-order valence-corrected chi connectivity index (χ1v) is 5.40. The molecule has 1 rings (SSSR count). The van der Waals surface area contributed by atoms with E-state index in [2.05, 4.69) is 24.1 Å². The Morgan fingerprint density at radius 3 is 3.14 bits per heavy atom. The van der Waals surface area contributed by atoms with Crippen LogP contribution in [0.15, 0.2) is 12.7 Å². The highest BCUT2D eigenvalue weighted by Crippen LogP contribution is 2.19. The van der Waals surface area contributed by atoms with Crippen LogP contribution in [0.2, 0.25) is 0 Å². The van der Waals surface area contributed by atoms with Crippen molar-refractivity contribution in [2.75, 3.05) is 13.1 Å². The van der Waals surface area contributed by atoms with E-state index >= 15 is 0 Å². The quantitative estimate of drug-likeness (QED) is 0.660. The molecule has 0 aromatic rings. The maximum absolute atomic E-state index is 11.6. The Morgan fingerprint density at radius 2 is 2.50 bits per heavy atom. The molecule has 0 saturated carbocycles. The molecule has 0 bridgehead atoms. The van der Waals surface area contributed by atoms with Crippen molar-refractivity contribution in [3.05, 3.63) is 12.7 Å². The van der Waals surface area contributed by atoms with Gasteiger partial charge < -0.3 is 10.6 Å². The highest BCUT2D eigenvalue weighted by atomic mass is 16.2. The van der Waals surface area contributed by atoms with Gasteiger partial charge in [-0.05, 0) is 25.3 Å². The molecular formula is C11H20N2O. The smallest absolute Gasteiger partial charge is 0.237 e. The SMILES string of the molecule is C=CCNC(=O)C1CC(CC)CCN1. The lowest BCUT2D eigenvalue weighted by Crippen LogP contribution is -2.48. The van der Waals surface area contributed by atoms with Crippen molar-refractivity contribution in [2.45, 2.75) is 32.2 Å². The minimum atomic E-state index is 0.00801. The monoisotopic (exact) mass is 196 g/mol. The van der Waals surface area contributed by atoms with Crippen LogP contribution in [-0.2, 0) is 4.79 Å². The summed E-state index contributed by atoms with van der Waals surface area (Å²) in [6.45, 7) is 7.29. The van der Waals surface area contributed by atoms with E-state index in [9.17, 15) is 4.79 Å². The number of hydrogen-bond donors (Lipinski definition) is 2. The van der Waals surface area contributed by atoms with Crippen molar-refractivity contribution in [3.63, 3.8) is 0 Å². The summed E-state index contributed by atoms with van der Waals surface area (Å²) in [5, 5.41) is 6.07. The Kier molecular flexibility index (Phi) is 4.66. The maximum Gasteiger partial charge on any atom is 0.237 e. The normalized spacial score (nSPS) is 26.9. The molecule has 1 saturated heterocycles. The third-order valence-corrected chi connectivity index (χ3v) is 2.83. The van der Waals surface area contributed by atoms with Crippen molar-refractivity contribution >= 4 is 5.91 Å². The Bertz CT molecular complexity index is 203. The van der Waals surface area contributed by atoms with Gasteiger partial charge in [-0.3, -0.25) is 4.79 Å². The zero-order valence-electron chi connectivity index (χ0n) is 8.88. The number of carbonyl (C=O) groups excluding carboxylic acids is 1. The summed E-state index contributed by atoms with van der Waals surface area (Å²) in [6.07, 6.45) is 5.05. The summed E-state index contributed by atoms with van der Waals surface area (Å²) in [5.41, 5.74) is 0. The second kappa shape index (κ2) is 5.81. The Hall–Kier alpha value is -0.830. The van der Waals surface area contributed by atoms with Crippen molar-refractivity contribution in [3.8, 4) is 0 Å². The summed E-state index contributed by atoms with van der Waals surface area (Å²) < 4.78 is 0. The van der Waals surface area contributed by atoms with Crippen LogP contribution in [0.25, 0.3) is 0 Å². The molecule has 0 spiro atoms. The molecule has 14 heavy (non-hydrogen) atoms. The number of rotatable bonds is 4. The predicted octanol–water partition coefficient (Wildman–Crippen LogP) is 1.07. The molecule has 2 atom stereocenters. The molecule has 0 aliphatic carbocycles. The van der Waals surface area contributed by atoms with E-state index in [0.717, 1.165) is 13.0 Å². The van der Waals surface area contributed by atoms with Crippen LogP contribution in [0.3, 0.4) is 0 Å². The topological polar surface area (TPSA) is 41.1 Å². The molecule has 2 N–H and O–H groups in total. The molecule has 80 valence electrons. The van der Waals surface area contributed by atoms with Gasteiger partial charge in [-0.15, -0.1) is 6.58 Å². The van der Waals surface area contributed by atoms with Crippen LogP contribution in [0, 0.1) is 5.92 Å². The lowest BCUT2D eigenvalue weighted by atomic mass is 9.90. The van der Waals surface area contributed by atoms with Crippen LogP contribution in [0.5, 0.6) is 0 Å². The number of nitrogens with one attached hydrogen (secondary N) is 2. The molecule has 1 aliphatic heterocycles.